The largest absolute Gasteiger partial charge is 0.497 e. The lowest BCUT2D eigenvalue weighted by Crippen LogP contribution is -2.46. The van der Waals surface area contributed by atoms with Crippen LogP contribution in [0.5, 0.6) is 5.75 Å². The molecule has 1 amide bonds. The summed E-state index contributed by atoms with van der Waals surface area (Å²) in [6.45, 7) is 2.69. The van der Waals surface area contributed by atoms with Crippen LogP contribution < -0.4 is 14.4 Å². The van der Waals surface area contributed by atoms with Crippen molar-refractivity contribution < 1.29 is 17.9 Å². The number of carbonyl (C=O) groups is 1. The summed E-state index contributed by atoms with van der Waals surface area (Å²) in [6, 6.07) is 9.59. The number of nitrogens with zero attached hydrogens (tertiary/aromatic N) is 3. The number of ether oxygens (including phenoxy) is 1. The highest BCUT2D eigenvalue weighted by Crippen LogP contribution is 2.20. The summed E-state index contributed by atoms with van der Waals surface area (Å²) in [6.07, 6.45) is 2.34. The van der Waals surface area contributed by atoms with Crippen molar-refractivity contribution in [3.05, 3.63) is 42.6 Å². The van der Waals surface area contributed by atoms with Crippen LogP contribution in [0.1, 0.15) is 0 Å². The highest BCUT2D eigenvalue weighted by atomic mass is 32.2. The van der Waals surface area contributed by atoms with Crippen LogP contribution in [0.3, 0.4) is 0 Å². The predicted molar refractivity (Wildman–Crippen MR) is 97.9 cm³/mol. The summed E-state index contributed by atoms with van der Waals surface area (Å²) >= 11 is 0. The van der Waals surface area contributed by atoms with Crippen molar-refractivity contribution in [1.29, 1.82) is 0 Å². The molecule has 2 aromatic rings. The summed E-state index contributed by atoms with van der Waals surface area (Å²) in [5.41, 5.74) is 0.385. The molecule has 9 heteroatoms. The molecule has 0 atom stereocenters. The molecule has 138 valence electrons. The molecule has 1 aliphatic heterocycles. The highest BCUT2D eigenvalue weighted by molar-refractivity contribution is 7.92. The van der Waals surface area contributed by atoms with Crippen molar-refractivity contribution >= 4 is 27.9 Å². The lowest BCUT2D eigenvalue weighted by molar-refractivity contribution is -0.118. The van der Waals surface area contributed by atoms with E-state index in [-0.39, 0.29) is 4.90 Å². The first-order valence-electron chi connectivity index (χ1n) is 8.09. The van der Waals surface area contributed by atoms with Gasteiger partial charge in [-0.2, -0.15) is 0 Å². The summed E-state index contributed by atoms with van der Waals surface area (Å²) < 4.78 is 32.4. The first-order valence-corrected chi connectivity index (χ1v) is 9.57. The lowest BCUT2D eigenvalue weighted by Gasteiger charge is -2.33. The molecule has 1 aliphatic rings. The van der Waals surface area contributed by atoms with E-state index < -0.39 is 10.0 Å². The normalized spacial score (nSPS) is 14.8. The van der Waals surface area contributed by atoms with E-state index >= 15 is 0 Å². The molecule has 3 rings (SSSR count). The number of hydrogen-bond donors (Lipinski definition) is 1. The molecule has 1 saturated heterocycles. The molecule has 2 heterocycles. The van der Waals surface area contributed by atoms with Crippen LogP contribution in [0.25, 0.3) is 0 Å². The van der Waals surface area contributed by atoms with E-state index in [1.54, 1.807) is 29.2 Å². The highest BCUT2D eigenvalue weighted by Gasteiger charge is 2.18. The number of sulfonamides is 1. The average molecular weight is 376 g/mol. The topological polar surface area (TPSA) is 91.8 Å². The van der Waals surface area contributed by atoms with Crippen LogP contribution in [0.15, 0.2) is 47.5 Å². The van der Waals surface area contributed by atoms with Crippen molar-refractivity contribution in [2.24, 2.45) is 0 Å². The van der Waals surface area contributed by atoms with Gasteiger partial charge in [-0.1, -0.05) is 0 Å². The number of rotatable bonds is 6. The van der Waals surface area contributed by atoms with E-state index in [0.29, 0.717) is 37.6 Å². The molecule has 1 aromatic heterocycles. The number of carbonyl (C=O) groups excluding carboxylic acids is 1. The van der Waals surface area contributed by atoms with Gasteiger partial charge in [0.25, 0.3) is 10.0 Å². The van der Waals surface area contributed by atoms with E-state index in [1.165, 1.54) is 25.4 Å². The molecule has 0 unspecified atom stereocenters. The average Bonchev–Trinajstić information content (AvgIpc) is 2.68. The zero-order valence-electron chi connectivity index (χ0n) is 14.3. The quantitative estimate of drug-likeness (QED) is 0.761. The minimum atomic E-state index is -3.69. The molecule has 1 N–H and O–H groups in total. The van der Waals surface area contributed by atoms with Crippen LogP contribution in [0, 0.1) is 0 Å². The van der Waals surface area contributed by atoms with Gasteiger partial charge in [0.05, 0.1) is 23.9 Å². The molecule has 0 spiro atoms. The molecular weight excluding hydrogens is 356 g/mol. The van der Waals surface area contributed by atoms with Gasteiger partial charge in [-0.15, -0.1) is 0 Å². The number of pyridine rings is 1. The third-order valence-electron chi connectivity index (χ3n) is 4.16. The molecular formula is C17H20N4O4S. The molecule has 0 saturated carbocycles. The van der Waals surface area contributed by atoms with Crippen molar-refractivity contribution in [1.82, 2.24) is 9.88 Å². The molecule has 8 nitrogen and oxygen atoms in total. The van der Waals surface area contributed by atoms with Gasteiger partial charge in [-0.3, -0.25) is 9.52 Å². The third kappa shape index (κ3) is 4.05. The van der Waals surface area contributed by atoms with E-state index in [0.717, 1.165) is 12.2 Å². The second-order valence-corrected chi connectivity index (χ2v) is 7.50. The van der Waals surface area contributed by atoms with Crippen molar-refractivity contribution in [3.63, 3.8) is 0 Å². The van der Waals surface area contributed by atoms with E-state index in [4.69, 9.17) is 4.74 Å². The summed E-state index contributed by atoms with van der Waals surface area (Å²) in [5, 5.41) is 0. The molecule has 1 fully saturated rings. The Morgan fingerprint density at radius 3 is 2.31 bits per heavy atom. The summed E-state index contributed by atoms with van der Waals surface area (Å²) in [5.74, 6) is 1.34. The van der Waals surface area contributed by atoms with Gasteiger partial charge in [0.1, 0.15) is 11.6 Å². The monoisotopic (exact) mass is 376 g/mol. The Bertz CT molecular complexity index is 845. The fourth-order valence-corrected chi connectivity index (χ4v) is 3.70. The smallest absolute Gasteiger partial charge is 0.261 e. The van der Waals surface area contributed by atoms with Gasteiger partial charge in [0.15, 0.2) is 0 Å². The Labute approximate surface area is 152 Å². The number of nitrogens with one attached hydrogen (secondary N) is 1. The fraction of sp³-hybridized carbons (Fsp3) is 0.294. The Kier molecular flexibility index (Phi) is 5.27. The lowest BCUT2D eigenvalue weighted by atomic mass is 10.3. The number of amides is 1. The Morgan fingerprint density at radius 2 is 1.77 bits per heavy atom. The zero-order chi connectivity index (χ0) is 18.6. The van der Waals surface area contributed by atoms with E-state index in [9.17, 15) is 13.2 Å². The Balaban J connectivity index is 1.67. The number of methoxy groups -OCH3 is 1. The Morgan fingerprint density at radius 1 is 1.08 bits per heavy atom. The molecule has 1 aromatic carbocycles. The fourth-order valence-electron chi connectivity index (χ4n) is 2.66. The van der Waals surface area contributed by atoms with Crippen molar-refractivity contribution in [2.75, 3.05) is 42.9 Å². The van der Waals surface area contributed by atoms with Crippen LogP contribution in [0.4, 0.5) is 11.5 Å². The second-order valence-electron chi connectivity index (χ2n) is 5.81. The summed E-state index contributed by atoms with van der Waals surface area (Å²) in [7, 11) is -2.17. The first-order chi connectivity index (χ1) is 12.5. The van der Waals surface area contributed by atoms with Gasteiger partial charge >= 0.3 is 0 Å². The maximum atomic E-state index is 12.4. The molecule has 0 aliphatic carbocycles. The van der Waals surface area contributed by atoms with E-state index in [2.05, 4.69) is 14.6 Å². The number of piperazine rings is 1. The molecule has 0 radical (unpaired) electrons. The number of benzene rings is 1. The van der Waals surface area contributed by atoms with Crippen LogP contribution >= 0.6 is 0 Å². The van der Waals surface area contributed by atoms with Gasteiger partial charge < -0.3 is 14.5 Å². The molecule has 26 heavy (non-hydrogen) atoms. The number of aromatic nitrogens is 1. The maximum absolute atomic E-state index is 12.4. The van der Waals surface area contributed by atoms with Crippen molar-refractivity contribution in [2.45, 2.75) is 4.90 Å². The van der Waals surface area contributed by atoms with Gasteiger partial charge in [-0.05, 0) is 36.4 Å². The molecule has 0 bridgehead atoms. The van der Waals surface area contributed by atoms with Gasteiger partial charge in [0, 0.05) is 26.2 Å². The van der Waals surface area contributed by atoms with Crippen LogP contribution in [0.2, 0.25) is 0 Å². The summed E-state index contributed by atoms with van der Waals surface area (Å²) in [4.78, 5) is 19.0. The minimum absolute atomic E-state index is 0.146. The first kappa shape index (κ1) is 18.0. The predicted octanol–water partition coefficient (Wildman–Crippen LogP) is 1.17. The van der Waals surface area contributed by atoms with Crippen LogP contribution in [-0.4, -0.2) is 58.0 Å². The standard InChI is InChI=1S/C17H20N4O4S/c1-25-15-3-5-16(6-4-15)26(23,24)19-14-2-7-17(18-12-14)21-10-8-20(13-22)9-11-21/h2-7,12-13,19H,8-11H2,1H3. The second kappa shape index (κ2) is 7.61. The van der Waals surface area contributed by atoms with E-state index in [1.807, 2.05) is 0 Å². The SMILES string of the molecule is COc1ccc(S(=O)(=O)Nc2ccc(N3CCN(C=O)CC3)nc2)cc1. The number of anilines is 2. The van der Waals surface area contributed by atoms with Crippen LogP contribution in [-0.2, 0) is 14.8 Å². The number of hydrogen-bond acceptors (Lipinski definition) is 6. The third-order valence-corrected chi connectivity index (χ3v) is 5.55. The van der Waals surface area contributed by atoms with Gasteiger partial charge in [-0.25, -0.2) is 13.4 Å². The zero-order valence-corrected chi connectivity index (χ0v) is 15.1. The minimum Gasteiger partial charge on any atom is -0.497 e. The van der Waals surface area contributed by atoms with Crippen molar-refractivity contribution in [3.8, 4) is 5.75 Å². The Hall–Kier alpha value is -2.81. The maximum Gasteiger partial charge on any atom is 0.261 e. The van der Waals surface area contributed by atoms with Gasteiger partial charge in [0.2, 0.25) is 6.41 Å².